The zero-order valence-corrected chi connectivity index (χ0v) is 17.1. The molecule has 3 aromatic carbocycles. The summed E-state index contributed by atoms with van der Waals surface area (Å²) in [4.78, 5) is 0. The molecule has 0 radical (unpaired) electrons. The van der Waals surface area contributed by atoms with Gasteiger partial charge in [-0.2, -0.15) is 0 Å². The average Bonchev–Trinajstić information content (AvgIpc) is 3.53. The number of benzene rings is 3. The number of hydrogen-bond acceptors (Lipinski definition) is 1. The monoisotopic (exact) mass is 460 g/mol. The van der Waals surface area contributed by atoms with Crippen molar-refractivity contribution >= 4 is 42.2 Å². The maximum absolute atomic E-state index is 5.57. The molecule has 1 unspecified atom stereocenters. The first-order valence-corrected chi connectivity index (χ1v) is 13.9. The zero-order valence-electron chi connectivity index (χ0n) is 14.1. The van der Waals surface area contributed by atoms with E-state index in [1.54, 1.807) is 0 Å². The van der Waals surface area contributed by atoms with E-state index in [0.29, 0.717) is 6.10 Å². The summed E-state index contributed by atoms with van der Waals surface area (Å²) in [6.07, 6.45) is 2.68. The van der Waals surface area contributed by atoms with Crippen LogP contribution in [0.4, 0.5) is 0 Å². The van der Waals surface area contributed by atoms with Crippen LogP contribution in [0.1, 0.15) is 6.42 Å². The molecule has 1 atom stereocenters. The molecule has 0 aliphatic carbocycles. The molecule has 128 valence electrons. The summed E-state index contributed by atoms with van der Waals surface area (Å²) in [5.41, 5.74) is 0. The molecule has 1 heterocycles. The average molecular weight is 460 g/mol. The number of hydrogen-bond donors (Lipinski definition) is 0. The quantitative estimate of drug-likeness (QED) is 0.296. The third-order valence-electron chi connectivity index (χ3n) is 5.16. The molecule has 1 saturated heterocycles. The summed E-state index contributed by atoms with van der Waals surface area (Å²) in [6, 6.07) is 33.3. The standard InChI is InChI=1S/C22H22IOP/c23-25(17-16-19-18-24-19,20-10-4-1-5-11-20,21-12-6-2-7-13-21)22-14-8-3-9-15-22/h1-15,19H,16-18H2. The van der Waals surface area contributed by atoms with Gasteiger partial charge in [0, 0.05) is 0 Å². The Kier molecular flexibility index (Phi) is 4.70. The molecule has 0 amide bonds. The van der Waals surface area contributed by atoms with Gasteiger partial charge in [0.2, 0.25) is 0 Å². The van der Waals surface area contributed by atoms with Crippen molar-refractivity contribution in [2.24, 2.45) is 0 Å². The Bertz CT molecular complexity index is 732. The summed E-state index contributed by atoms with van der Waals surface area (Å²) >= 11 is 2.84. The van der Waals surface area contributed by atoms with Crippen molar-refractivity contribution in [3.8, 4) is 0 Å². The molecule has 0 aromatic heterocycles. The van der Waals surface area contributed by atoms with Crippen LogP contribution in [0, 0.1) is 0 Å². The molecular weight excluding hydrogens is 438 g/mol. The molecule has 0 spiro atoms. The molecule has 0 saturated carbocycles. The topological polar surface area (TPSA) is 12.5 Å². The molecular formula is C22H22IOP. The fourth-order valence-corrected chi connectivity index (χ4v) is 12.2. The van der Waals surface area contributed by atoms with E-state index in [-0.39, 0.29) is 0 Å². The maximum atomic E-state index is 5.57. The van der Waals surface area contributed by atoms with E-state index in [2.05, 4.69) is 113 Å². The van der Waals surface area contributed by atoms with Gasteiger partial charge in [-0.15, -0.1) is 0 Å². The van der Waals surface area contributed by atoms with E-state index >= 15 is 0 Å². The van der Waals surface area contributed by atoms with Gasteiger partial charge in [0.1, 0.15) is 0 Å². The number of halogens is 1. The predicted molar refractivity (Wildman–Crippen MR) is 118 cm³/mol. The third-order valence-corrected chi connectivity index (χ3v) is 16.8. The molecule has 1 aliphatic rings. The molecule has 0 N–H and O–H groups in total. The molecule has 3 heteroatoms. The van der Waals surface area contributed by atoms with Crippen molar-refractivity contribution in [1.82, 2.24) is 0 Å². The number of ether oxygens (including phenoxy) is 1. The summed E-state index contributed by atoms with van der Waals surface area (Å²) in [7, 11) is 0. The van der Waals surface area contributed by atoms with E-state index in [4.69, 9.17) is 4.74 Å². The van der Waals surface area contributed by atoms with Crippen LogP contribution in [0.2, 0.25) is 0 Å². The Morgan fingerprint density at radius 3 is 1.40 bits per heavy atom. The second kappa shape index (κ2) is 6.83. The van der Waals surface area contributed by atoms with Crippen LogP contribution >= 0.6 is 26.3 Å². The van der Waals surface area contributed by atoms with Gasteiger partial charge in [-0.1, -0.05) is 0 Å². The van der Waals surface area contributed by atoms with Crippen molar-refractivity contribution in [2.75, 3.05) is 12.8 Å². The molecule has 1 aliphatic heterocycles. The van der Waals surface area contributed by atoms with Gasteiger partial charge >= 0.3 is 163 Å². The second-order valence-electron chi connectivity index (χ2n) is 6.66. The van der Waals surface area contributed by atoms with Gasteiger partial charge in [-0.3, -0.25) is 0 Å². The summed E-state index contributed by atoms with van der Waals surface area (Å²) in [6.45, 7) is 0.918. The third kappa shape index (κ3) is 3.05. The van der Waals surface area contributed by atoms with Crippen LogP contribution in [0.15, 0.2) is 91.0 Å². The van der Waals surface area contributed by atoms with E-state index in [1.807, 2.05) is 0 Å². The van der Waals surface area contributed by atoms with Gasteiger partial charge in [0.25, 0.3) is 0 Å². The van der Waals surface area contributed by atoms with Crippen molar-refractivity contribution in [2.45, 2.75) is 12.5 Å². The SMILES string of the molecule is IP(CCC1CO1)(c1ccccc1)(c1ccccc1)c1ccccc1. The minimum absolute atomic E-state index is 0.437. The normalized spacial score (nSPS) is 18.3. The van der Waals surface area contributed by atoms with Crippen LogP contribution < -0.4 is 15.9 Å². The fraction of sp³-hybridized carbons (Fsp3) is 0.182. The Labute approximate surface area is 162 Å². The molecule has 1 fully saturated rings. The van der Waals surface area contributed by atoms with Crippen LogP contribution in [0.3, 0.4) is 0 Å². The van der Waals surface area contributed by atoms with Crippen molar-refractivity contribution in [3.63, 3.8) is 0 Å². The van der Waals surface area contributed by atoms with E-state index in [0.717, 1.165) is 19.2 Å². The molecule has 4 rings (SSSR count). The Morgan fingerprint density at radius 1 is 0.720 bits per heavy atom. The van der Waals surface area contributed by atoms with Crippen molar-refractivity contribution in [1.29, 1.82) is 0 Å². The van der Waals surface area contributed by atoms with E-state index < -0.39 is 4.25 Å². The first-order valence-electron chi connectivity index (χ1n) is 8.73. The van der Waals surface area contributed by atoms with E-state index in [1.165, 1.54) is 15.9 Å². The molecule has 3 aromatic rings. The van der Waals surface area contributed by atoms with Gasteiger partial charge in [0.15, 0.2) is 0 Å². The van der Waals surface area contributed by atoms with Crippen molar-refractivity contribution in [3.05, 3.63) is 91.0 Å². The molecule has 25 heavy (non-hydrogen) atoms. The van der Waals surface area contributed by atoms with Gasteiger partial charge in [0.05, 0.1) is 0 Å². The van der Waals surface area contributed by atoms with Gasteiger partial charge in [-0.25, -0.2) is 0 Å². The fourth-order valence-electron chi connectivity index (χ4n) is 3.67. The van der Waals surface area contributed by atoms with Crippen LogP contribution in [-0.2, 0) is 4.74 Å². The Morgan fingerprint density at radius 2 is 1.08 bits per heavy atom. The van der Waals surface area contributed by atoms with E-state index in [9.17, 15) is 0 Å². The Balaban J connectivity index is 2.00. The minimum atomic E-state index is -2.57. The van der Waals surface area contributed by atoms with Gasteiger partial charge in [-0.05, 0) is 0 Å². The van der Waals surface area contributed by atoms with Crippen LogP contribution in [0.25, 0.3) is 0 Å². The second-order valence-corrected chi connectivity index (χ2v) is 17.4. The number of rotatable bonds is 6. The predicted octanol–water partition coefficient (Wildman–Crippen LogP) is 4.66. The van der Waals surface area contributed by atoms with Crippen molar-refractivity contribution < 1.29 is 4.74 Å². The Hall–Kier alpha value is -1.22. The summed E-state index contributed by atoms with van der Waals surface area (Å²) in [5.74, 6) is 0. The first-order chi connectivity index (χ1) is 12.2. The zero-order chi connectivity index (χ0) is 17.2. The number of epoxide rings is 1. The summed E-state index contributed by atoms with van der Waals surface area (Å²) < 4.78 is 3.01. The van der Waals surface area contributed by atoms with Crippen LogP contribution in [0.5, 0.6) is 0 Å². The molecule has 0 bridgehead atoms. The summed E-state index contributed by atoms with van der Waals surface area (Å²) in [5, 5.41) is 4.35. The first kappa shape index (κ1) is 17.2. The van der Waals surface area contributed by atoms with Gasteiger partial charge < -0.3 is 0 Å². The van der Waals surface area contributed by atoms with Crippen LogP contribution in [-0.4, -0.2) is 18.9 Å². The molecule has 1 nitrogen and oxygen atoms in total.